The summed E-state index contributed by atoms with van der Waals surface area (Å²) in [7, 11) is 0. The second kappa shape index (κ2) is 3.58. The lowest BCUT2D eigenvalue weighted by molar-refractivity contribution is -0.131. The van der Waals surface area contributed by atoms with Crippen LogP contribution in [0.15, 0.2) is 12.3 Å². The highest BCUT2D eigenvalue weighted by Crippen LogP contribution is 2.30. The summed E-state index contributed by atoms with van der Waals surface area (Å²) in [5.41, 5.74) is -0.594. The number of rotatable bonds is 4. The van der Waals surface area contributed by atoms with Gasteiger partial charge in [0.2, 0.25) is 0 Å². The molecule has 0 bridgehead atoms. The fourth-order valence-electron chi connectivity index (χ4n) is 1.14. The first-order valence-electron chi connectivity index (χ1n) is 3.98. The smallest absolute Gasteiger partial charge is 0.329 e. The van der Waals surface area contributed by atoms with E-state index < -0.39 is 11.6 Å². The number of carbonyl (C=O) groups is 1. The molecule has 12 heavy (non-hydrogen) atoms. The minimum atomic E-state index is -0.983. The van der Waals surface area contributed by atoms with Crippen molar-refractivity contribution in [2.45, 2.75) is 24.9 Å². The Labute approximate surface area is 70.9 Å². The summed E-state index contributed by atoms with van der Waals surface area (Å²) in [6.07, 6.45) is 5.03. The van der Waals surface area contributed by atoms with Gasteiger partial charge in [-0.3, -0.25) is 0 Å². The number of carboxylic acids is 1. The summed E-state index contributed by atoms with van der Waals surface area (Å²) in [6.45, 7) is 0.441. The SMILES string of the molecule is O=C(O)/C=C/NCC1(O)CCC1. The summed E-state index contributed by atoms with van der Waals surface area (Å²) in [5.74, 6) is -0.983. The van der Waals surface area contributed by atoms with Crippen molar-refractivity contribution in [3.8, 4) is 0 Å². The Morgan fingerprint density at radius 3 is 2.67 bits per heavy atom. The third-order valence-corrected chi connectivity index (χ3v) is 2.06. The Hall–Kier alpha value is -1.03. The van der Waals surface area contributed by atoms with Gasteiger partial charge in [-0.15, -0.1) is 0 Å². The largest absolute Gasteiger partial charge is 0.478 e. The first-order valence-corrected chi connectivity index (χ1v) is 3.98. The van der Waals surface area contributed by atoms with Crippen molar-refractivity contribution in [1.29, 1.82) is 0 Å². The van der Waals surface area contributed by atoms with Crippen molar-refractivity contribution in [3.63, 3.8) is 0 Å². The Morgan fingerprint density at radius 2 is 2.25 bits per heavy atom. The Bertz CT molecular complexity index is 196. The highest BCUT2D eigenvalue weighted by Gasteiger charge is 2.33. The maximum atomic E-state index is 10.0. The van der Waals surface area contributed by atoms with Gasteiger partial charge in [0.25, 0.3) is 0 Å². The normalized spacial score (nSPS) is 20.4. The average molecular weight is 171 g/mol. The molecule has 0 aliphatic heterocycles. The van der Waals surface area contributed by atoms with Crippen LogP contribution in [0, 0.1) is 0 Å². The minimum Gasteiger partial charge on any atom is -0.478 e. The molecule has 0 aromatic carbocycles. The van der Waals surface area contributed by atoms with Crippen LogP contribution in [-0.2, 0) is 4.79 Å². The maximum Gasteiger partial charge on any atom is 0.329 e. The number of aliphatic hydroxyl groups is 1. The molecule has 68 valence electrons. The maximum absolute atomic E-state index is 10.0. The molecule has 1 aliphatic carbocycles. The van der Waals surface area contributed by atoms with Gasteiger partial charge in [0.1, 0.15) is 0 Å². The molecule has 0 aromatic heterocycles. The van der Waals surface area contributed by atoms with Gasteiger partial charge in [-0.25, -0.2) is 4.79 Å². The van der Waals surface area contributed by atoms with Crippen molar-refractivity contribution in [3.05, 3.63) is 12.3 Å². The molecule has 3 N–H and O–H groups in total. The van der Waals surface area contributed by atoms with Gasteiger partial charge >= 0.3 is 5.97 Å². The van der Waals surface area contributed by atoms with E-state index in [1.54, 1.807) is 0 Å². The van der Waals surface area contributed by atoms with Gasteiger partial charge in [-0.05, 0) is 19.3 Å². The summed E-state index contributed by atoms with van der Waals surface area (Å²) in [5, 5.41) is 20.5. The molecule has 4 nitrogen and oxygen atoms in total. The first-order chi connectivity index (χ1) is 5.62. The van der Waals surface area contributed by atoms with Crippen LogP contribution in [0.25, 0.3) is 0 Å². The molecule has 4 heteroatoms. The van der Waals surface area contributed by atoms with E-state index in [0.717, 1.165) is 25.3 Å². The lowest BCUT2D eigenvalue weighted by Crippen LogP contribution is -2.44. The van der Waals surface area contributed by atoms with Crippen LogP contribution in [0.3, 0.4) is 0 Å². The zero-order valence-electron chi connectivity index (χ0n) is 6.79. The summed E-state index contributed by atoms with van der Waals surface area (Å²) < 4.78 is 0. The van der Waals surface area contributed by atoms with Gasteiger partial charge in [0.15, 0.2) is 0 Å². The van der Waals surface area contributed by atoms with E-state index in [1.807, 2.05) is 0 Å². The van der Waals surface area contributed by atoms with Crippen LogP contribution in [0.5, 0.6) is 0 Å². The van der Waals surface area contributed by atoms with Crippen molar-refractivity contribution < 1.29 is 15.0 Å². The van der Waals surface area contributed by atoms with Crippen molar-refractivity contribution >= 4 is 5.97 Å². The second-order valence-corrected chi connectivity index (χ2v) is 3.13. The van der Waals surface area contributed by atoms with Crippen LogP contribution in [-0.4, -0.2) is 28.3 Å². The molecule has 0 heterocycles. The zero-order chi connectivity index (χ0) is 9.03. The Kier molecular flexibility index (Phi) is 2.70. The van der Waals surface area contributed by atoms with Gasteiger partial charge in [0, 0.05) is 18.8 Å². The topological polar surface area (TPSA) is 69.6 Å². The highest BCUT2D eigenvalue weighted by atomic mass is 16.4. The van der Waals surface area contributed by atoms with E-state index in [1.165, 1.54) is 6.20 Å². The highest BCUT2D eigenvalue weighted by molar-refractivity contribution is 5.79. The summed E-state index contributed by atoms with van der Waals surface area (Å²) in [4.78, 5) is 10.0. The molecule has 1 saturated carbocycles. The monoisotopic (exact) mass is 171 g/mol. The molecule has 0 amide bonds. The molecule has 0 saturated heterocycles. The van der Waals surface area contributed by atoms with Crippen molar-refractivity contribution in [2.75, 3.05) is 6.54 Å². The van der Waals surface area contributed by atoms with Crippen molar-refractivity contribution in [2.24, 2.45) is 0 Å². The van der Waals surface area contributed by atoms with Crippen LogP contribution in [0.1, 0.15) is 19.3 Å². The fourth-order valence-corrected chi connectivity index (χ4v) is 1.14. The lowest BCUT2D eigenvalue weighted by atomic mass is 9.80. The van der Waals surface area contributed by atoms with E-state index in [0.29, 0.717) is 6.54 Å². The first kappa shape index (κ1) is 9.06. The van der Waals surface area contributed by atoms with Gasteiger partial charge in [0.05, 0.1) is 5.60 Å². The molecule has 0 unspecified atom stereocenters. The van der Waals surface area contributed by atoms with Crippen LogP contribution in [0.2, 0.25) is 0 Å². The molecule has 0 spiro atoms. The number of nitrogens with one attached hydrogen (secondary N) is 1. The van der Waals surface area contributed by atoms with Gasteiger partial charge in [-0.2, -0.15) is 0 Å². The summed E-state index contributed by atoms with van der Waals surface area (Å²) in [6, 6.07) is 0. The number of hydrogen-bond acceptors (Lipinski definition) is 3. The number of carboxylic acid groups (broad SMARTS) is 1. The quantitative estimate of drug-likeness (QED) is 0.524. The van der Waals surface area contributed by atoms with E-state index in [9.17, 15) is 9.90 Å². The lowest BCUT2D eigenvalue weighted by Gasteiger charge is -2.36. The third kappa shape index (κ3) is 2.54. The van der Waals surface area contributed by atoms with Gasteiger partial charge in [-0.1, -0.05) is 0 Å². The van der Waals surface area contributed by atoms with Crippen LogP contribution < -0.4 is 5.32 Å². The fraction of sp³-hybridized carbons (Fsp3) is 0.625. The Morgan fingerprint density at radius 1 is 1.58 bits per heavy atom. The predicted molar refractivity (Wildman–Crippen MR) is 43.6 cm³/mol. The standard InChI is InChI=1S/C8H13NO3/c10-7(11)2-5-9-6-8(12)3-1-4-8/h2,5,9,12H,1,3-4,6H2,(H,10,11)/b5-2+. The molecule has 1 fully saturated rings. The molecule has 0 aromatic rings. The molecule has 1 aliphatic rings. The van der Waals surface area contributed by atoms with E-state index in [-0.39, 0.29) is 0 Å². The zero-order valence-corrected chi connectivity index (χ0v) is 6.79. The predicted octanol–water partition coefficient (Wildman–Crippen LogP) is 0.0893. The van der Waals surface area contributed by atoms with E-state index in [4.69, 9.17) is 5.11 Å². The minimum absolute atomic E-state index is 0.441. The van der Waals surface area contributed by atoms with Crippen molar-refractivity contribution in [1.82, 2.24) is 5.32 Å². The molecule has 0 atom stereocenters. The molecule has 0 radical (unpaired) electrons. The Balaban J connectivity index is 2.13. The van der Waals surface area contributed by atoms with Gasteiger partial charge < -0.3 is 15.5 Å². The van der Waals surface area contributed by atoms with E-state index in [2.05, 4.69) is 5.32 Å². The molecular formula is C8H13NO3. The second-order valence-electron chi connectivity index (χ2n) is 3.13. The third-order valence-electron chi connectivity index (χ3n) is 2.06. The van der Waals surface area contributed by atoms with Crippen LogP contribution >= 0.6 is 0 Å². The number of aliphatic carboxylic acids is 1. The average Bonchev–Trinajstić information content (AvgIpc) is 1.94. The molecule has 1 rings (SSSR count). The number of hydrogen-bond donors (Lipinski definition) is 3. The summed E-state index contributed by atoms with van der Waals surface area (Å²) >= 11 is 0. The van der Waals surface area contributed by atoms with E-state index >= 15 is 0 Å². The molecular weight excluding hydrogens is 158 g/mol. The van der Waals surface area contributed by atoms with Crippen LogP contribution in [0.4, 0.5) is 0 Å².